The molecule has 0 heteroatoms. The molecule has 0 aromatic carbocycles. The quantitative estimate of drug-likeness (QED) is 0.541. The van der Waals surface area contributed by atoms with Crippen molar-refractivity contribution >= 4 is 0 Å². The molecule has 0 aliphatic heterocycles. The fourth-order valence-corrected chi connectivity index (χ4v) is 2.01. The van der Waals surface area contributed by atoms with Crippen molar-refractivity contribution in [3.63, 3.8) is 0 Å². The Balaban J connectivity index is 4.35. The maximum atomic E-state index is 2.30. The average molecular weight is 154 g/mol. The Morgan fingerprint density at radius 3 is 1.45 bits per heavy atom. The molecule has 0 amide bonds. The van der Waals surface area contributed by atoms with Gasteiger partial charge in [-0.05, 0) is 31.6 Å². The fourth-order valence-electron chi connectivity index (χ4n) is 2.01. The first kappa shape index (κ1) is 10.7. The molecule has 11 heavy (non-hydrogen) atoms. The molecule has 0 saturated carbocycles. The number of hydrogen-bond donors (Lipinski definition) is 0. The molecule has 0 spiro atoms. The molecule has 0 aliphatic carbocycles. The Morgan fingerprint density at radius 2 is 1.36 bits per heavy atom. The number of allylic oxidation sites excluding steroid dienone is 2. The number of hydrogen-bond acceptors (Lipinski definition) is 0. The standard InChI is InChI=1S/C11H22/c1-7-10(6)11(8(2)3)9(4)5/h7-9,11H,1-6H3. The van der Waals surface area contributed by atoms with E-state index in [0.717, 1.165) is 17.8 Å². The maximum absolute atomic E-state index is 2.30. The van der Waals surface area contributed by atoms with Gasteiger partial charge in [-0.15, -0.1) is 0 Å². The van der Waals surface area contributed by atoms with Gasteiger partial charge in [-0.2, -0.15) is 0 Å². The first-order valence-corrected chi connectivity index (χ1v) is 4.63. The Bertz CT molecular complexity index is 121. The minimum Gasteiger partial charge on any atom is -0.0884 e. The highest BCUT2D eigenvalue weighted by atomic mass is 14.2. The third kappa shape index (κ3) is 3.09. The van der Waals surface area contributed by atoms with E-state index in [0.29, 0.717) is 0 Å². The molecule has 0 aromatic heterocycles. The van der Waals surface area contributed by atoms with Crippen molar-refractivity contribution in [2.75, 3.05) is 0 Å². The first-order valence-electron chi connectivity index (χ1n) is 4.63. The summed E-state index contributed by atoms with van der Waals surface area (Å²) in [6.45, 7) is 13.6. The molecule has 0 fully saturated rings. The Hall–Kier alpha value is -0.260. The normalized spacial score (nSPS) is 13.7. The summed E-state index contributed by atoms with van der Waals surface area (Å²) in [5.74, 6) is 2.30. The highest BCUT2D eigenvalue weighted by Crippen LogP contribution is 2.27. The van der Waals surface area contributed by atoms with Gasteiger partial charge in [0.1, 0.15) is 0 Å². The lowest BCUT2D eigenvalue weighted by Crippen LogP contribution is -2.16. The lowest BCUT2D eigenvalue weighted by atomic mass is 9.80. The van der Waals surface area contributed by atoms with Crippen LogP contribution in [0.1, 0.15) is 41.5 Å². The summed E-state index contributed by atoms with van der Waals surface area (Å²) in [5, 5.41) is 0. The van der Waals surface area contributed by atoms with Crippen LogP contribution in [0.4, 0.5) is 0 Å². The lowest BCUT2D eigenvalue weighted by molar-refractivity contribution is 0.337. The van der Waals surface area contributed by atoms with Crippen LogP contribution in [0, 0.1) is 17.8 Å². The zero-order valence-electron chi connectivity index (χ0n) is 8.81. The van der Waals surface area contributed by atoms with E-state index in [4.69, 9.17) is 0 Å². The lowest BCUT2D eigenvalue weighted by Gasteiger charge is -2.25. The molecule has 0 saturated heterocycles. The zero-order chi connectivity index (χ0) is 9.02. The van der Waals surface area contributed by atoms with Crippen molar-refractivity contribution < 1.29 is 0 Å². The Kier molecular flexibility index (Phi) is 4.48. The maximum Gasteiger partial charge on any atom is -0.0160 e. The molecule has 0 nitrogen and oxygen atoms in total. The van der Waals surface area contributed by atoms with E-state index < -0.39 is 0 Å². The third-order valence-corrected chi connectivity index (χ3v) is 2.42. The van der Waals surface area contributed by atoms with Crippen molar-refractivity contribution in [2.24, 2.45) is 17.8 Å². The Morgan fingerprint density at radius 1 is 1.00 bits per heavy atom. The van der Waals surface area contributed by atoms with E-state index in [1.807, 2.05) is 0 Å². The van der Waals surface area contributed by atoms with Gasteiger partial charge in [-0.25, -0.2) is 0 Å². The van der Waals surface area contributed by atoms with E-state index in [2.05, 4.69) is 47.6 Å². The molecule has 0 bridgehead atoms. The van der Waals surface area contributed by atoms with Gasteiger partial charge in [0.25, 0.3) is 0 Å². The van der Waals surface area contributed by atoms with Gasteiger partial charge in [0.15, 0.2) is 0 Å². The van der Waals surface area contributed by atoms with Crippen LogP contribution in [0.3, 0.4) is 0 Å². The van der Waals surface area contributed by atoms with Crippen LogP contribution >= 0.6 is 0 Å². The summed E-state index contributed by atoms with van der Waals surface area (Å²) in [5.41, 5.74) is 1.54. The van der Waals surface area contributed by atoms with Crippen molar-refractivity contribution in [3.8, 4) is 0 Å². The molecule has 0 rings (SSSR count). The minimum absolute atomic E-state index is 0.764. The SMILES string of the molecule is CC=C(C)C(C(C)C)C(C)C. The van der Waals surface area contributed by atoms with Gasteiger partial charge < -0.3 is 0 Å². The molecular weight excluding hydrogens is 132 g/mol. The van der Waals surface area contributed by atoms with Crippen LogP contribution in [0.25, 0.3) is 0 Å². The van der Waals surface area contributed by atoms with Crippen LogP contribution < -0.4 is 0 Å². The second-order valence-electron chi connectivity index (χ2n) is 4.05. The van der Waals surface area contributed by atoms with Gasteiger partial charge in [0.05, 0.1) is 0 Å². The largest absolute Gasteiger partial charge is 0.0884 e. The van der Waals surface area contributed by atoms with Crippen molar-refractivity contribution in [2.45, 2.75) is 41.5 Å². The Labute approximate surface area is 71.7 Å². The molecule has 0 aliphatic rings. The molecule has 0 atom stereocenters. The first-order chi connectivity index (χ1) is 5.00. The van der Waals surface area contributed by atoms with Crippen LogP contribution in [-0.2, 0) is 0 Å². The molecule has 0 aromatic rings. The topological polar surface area (TPSA) is 0 Å². The van der Waals surface area contributed by atoms with Crippen molar-refractivity contribution in [3.05, 3.63) is 11.6 Å². The second kappa shape index (κ2) is 4.58. The van der Waals surface area contributed by atoms with Crippen LogP contribution in [-0.4, -0.2) is 0 Å². The summed E-state index contributed by atoms with van der Waals surface area (Å²) in [6, 6.07) is 0. The molecule has 66 valence electrons. The average Bonchev–Trinajstić information content (AvgIpc) is 1.85. The molecule has 0 radical (unpaired) electrons. The molecule has 0 heterocycles. The van der Waals surface area contributed by atoms with Crippen LogP contribution in [0.15, 0.2) is 11.6 Å². The molecule has 0 N–H and O–H groups in total. The van der Waals surface area contributed by atoms with Crippen molar-refractivity contribution in [1.29, 1.82) is 0 Å². The van der Waals surface area contributed by atoms with Crippen molar-refractivity contribution in [1.82, 2.24) is 0 Å². The molecule has 0 unspecified atom stereocenters. The highest BCUT2D eigenvalue weighted by Gasteiger charge is 2.17. The van der Waals surface area contributed by atoms with Gasteiger partial charge >= 0.3 is 0 Å². The van der Waals surface area contributed by atoms with E-state index in [1.165, 1.54) is 5.57 Å². The predicted molar refractivity (Wildman–Crippen MR) is 52.6 cm³/mol. The van der Waals surface area contributed by atoms with Crippen LogP contribution in [0.2, 0.25) is 0 Å². The predicted octanol–water partition coefficient (Wildman–Crippen LogP) is 3.88. The minimum atomic E-state index is 0.764. The zero-order valence-corrected chi connectivity index (χ0v) is 8.81. The fraction of sp³-hybridized carbons (Fsp3) is 0.818. The summed E-state index contributed by atoms with van der Waals surface area (Å²) < 4.78 is 0. The summed E-state index contributed by atoms with van der Waals surface area (Å²) in [4.78, 5) is 0. The van der Waals surface area contributed by atoms with Gasteiger partial charge in [0, 0.05) is 0 Å². The summed E-state index contributed by atoms with van der Waals surface area (Å²) in [7, 11) is 0. The van der Waals surface area contributed by atoms with E-state index >= 15 is 0 Å². The van der Waals surface area contributed by atoms with E-state index in [9.17, 15) is 0 Å². The smallest absolute Gasteiger partial charge is 0.0160 e. The molecular formula is C11H22. The highest BCUT2D eigenvalue weighted by molar-refractivity contribution is 5.03. The van der Waals surface area contributed by atoms with Gasteiger partial charge in [-0.1, -0.05) is 39.3 Å². The third-order valence-electron chi connectivity index (χ3n) is 2.42. The monoisotopic (exact) mass is 154 g/mol. The van der Waals surface area contributed by atoms with Gasteiger partial charge in [0.2, 0.25) is 0 Å². The van der Waals surface area contributed by atoms with E-state index in [-0.39, 0.29) is 0 Å². The van der Waals surface area contributed by atoms with E-state index in [1.54, 1.807) is 0 Å². The van der Waals surface area contributed by atoms with Crippen LogP contribution in [0.5, 0.6) is 0 Å². The number of rotatable bonds is 3. The second-order valence-corrected chi connectivity index (χ2v) is 4.05. The summed E-state index contributed by atoms with van der Waals surface area (Å²) >= 11 is 0. The summed E-state index contributed by atoms with van der Waals surface area (Å²) in [6.07, 6.45) is 2.24. The van der Waals surface area contributed by atoms with Gasteiger partial charge in [-0.3, -0.25) is 0 Å².